The average molecular weight is 304 g/mol. The number of hydrogen-bond acceptors (Lipinski definition) is 7. The Labute approximate surface area is 116 Å². The molecule has 0 bridgehead atoms. The molecule has 0 saturated carbocycles. The molecule has 0 amide bonds. The maximum Gasteiger partial charge on any atom is 0.297 e. The molecule has 0 saturated heterocycles. The molecule has 0 fully saturated rings. The number of aliphatic hydroxyl groups excluding tert-OH is 3. The minimum absolute atomic E-state index is 0.0509. The number of rotatable bonds is 7. The van der Waals surface area contributed by atoms with Crippen molar-refractivity contribution >= 4 is 16.4 Å². The predicted molar refractivity (Wildman–Crippen MR) is 68.4 cm³/mol. The Hall–Kier alpha value is -1.32. The Bertz CT molecular complexity index is 537. The summed E-state index contributed by atoms with van der Waals surface area (Å²) in [5.41, 5.74) is 0.839. The van der Waals surface area contributed by atoms with Crippen LogP contribution in [0.5, 0.6) is 0 Å². The van der Waals surface area contributed by atoms with Crippen LogP contribution in [0.1, 0.15) is 5.56 Å². The van der Waals surface area contributed by atoms with E-state index in [1.165, 1.54) is 12.1 Å². The van der Waals surface area contributed by atoms with Crippen molar-refractivity contribution in [2.45, 2.75) is 30.1 Å². The lowest BCUT2D eigenvalue weighted by atomic mass is 10.1. The molecular weight excluding hydrogens is 288 g/mol. The van der Waals surface area contributed by atoms with Crippen molar-refractivity contribution in [2.24, 2.45) is 0 Å². The molecule has 112 valence electrons. The van der Waals surface area contributed by atoms with E-state index in [-0.39, 0.29) is 11.2 Å². The van der Waals surface area contributed by atoms with Gasteiger partial charge in [-0.2, -0.15) is 8.42 Å². The van der Waals surface area contributed by atoms with Gasteiger partial charge in [0, 0.05) is 0 Å². The van der Waals surface area contributed by atoms with Gasteiger partial charge in [0.2, 0.25) is 0 Å². The van der Waals surface area contributed by atoms with Crippen LogP contribution in [0.25, 0.3) is 0 Å². The first-order valence-electron chi connectivity index (χ1n) is 5.74. The third kappa shape index (κ3) is 4.09. The number of aldehydes is 1. The Kier molecular flexibility index (Phi) is 5.78. The van der Waals surface area contributed by atoms with Gasteiger partial charge in [0.25, 0.3) is 10.1 Å². The second kappa shape index (κ2) is 6.91. The molecule has 20 heavy (non-hydrogen) atoms. The lowest BCUT2D eigenvalue weighted by Gasteiger charge is -2.21. The third-order valence-electron chi connectivity index (χ3n) is 2.60. The molecule has 1 aromatic rings. The zero-order chi connectivity index (χ0) is 15.3. The van der Waals surface area contributed by atoms with E-state index in [0.717, 1.165) is 5.56 Å². The highest BCUT2D eigenvalue weighted by atomic mass is 32.2. The fourth-order valence-electron chi connectivity index (χ4n) is 1.39. The van der Waals surface area contributed by atoms with Crippen molar-refractivity contribution < 1.29 is 32.7 Å². The summed E-state index contributed by atoms with van der Waals surface area (Å²) in [6.07, 6.45) is -5.28. The lowest BCUT2D eigenvalue weighted by Crippen LogP contribution is -2.42. The first-order chi connectivity index (χ1) is 9.31. The van der Waals surface area contributed by atoms with Gasteiger partial charge in [-0.15, -0.1) is 0 Å². The summed E-state index contributed by atoms with van der Waals surface area (Å²) < 4.78 is 28.4. The van der Waals surface area contributed by atoms with Gasteiger partial charge in [-0.05, 0) is 19.1 Å². The van der Waals surface area contributed by atoms with E-state index in [1.54, 1.807) is 19.1 Å². The number of carbonyl (C=O) groups excluding carboxylic acids is 1. The van der Waals surface area contributed by atoms with Gasteiger partial charge in [0.15, 0.2) is 12.4 Å². The molecule has 0 heterocycles. The SMILES string of the molecule is Cc1ccc(S(=O)(=O)O[C@H](C=O)[C@@H](O)[C@@H](O)CO)cc1. The zero-order valence-corrected chi connectivity index (χ0v) is 11.5. The molecule has 1 aromatic carbocycles. The topological polar surface area (TPSA) is 121 Å². The number of carbonyl (C=O) groups is 1. The van der Waals surface area contributed by atoms with Crippen LogP contribution >= 0.6 is 0 Å². The highest BCUT2D eigenvalue weighted by Crippen LogP contribution is 2.16. The molecule has 3 N–H and O–H groups in total. The van der Waals surface area contributed by atoms with Crippen LogP contribution < -0.4 is 0 Å². The molecule has 8 heteroatoms. The van der Waals surface area contributed by atoms with Crippen LogP contribution in [0.15, 0.2) is 29.2 Å². The standard InChI is InChI=1S/C12H16O7S/c1-8-2-4-9(5-3-8)20(17,18)19-11(7-14)12(16)10(15)6-13/h2-5,7,10-13,15-16H,6H2,1H3/t10-,11+,12-/m0/s1. The Morgan fingerprint density at radius 2 is 1.80 bits per heavy atom. The van der Waals surface area contributed by atoms with Crippen molar-refractivity contribution in [3.05, 3.63) is 29.8 Å². The summed E-state index contributed by atoms with van der Waals surface area (Å²) in [6, 6.07) is 5.68. The molecule has 3 atom stereocenters. The molecule has 0 aliphatic heterocycles. The number of aliphatic hydroxyl groups is 3. The van der Waals surface area contributed by atoms with E-state index < -0.39 is 35.0 Å². The molecule has 1 rings (SSSR count). The lowest BCUT2D eigenvalue weighted by molar-refractivity contribution is -0.124. The zero-order valence-electron chi connectivity index (χ0n) is 10.7. The third-order valence-corrected chi connectivity index (χ3v) is 3.92. The Balaban J connectivity index is 2.93. The maximum atomic E-state index is 11.9. The fraction of sp³-hybridized carbons (Fsp3) is 0.417. The highest BCUT2D eigenvalue weighted by Gasteiger charge is 2.31. The summed E-state index contributed by atoms with van der Waals surface area (Å²) in [6.45, 7) is 0.937. The van der Waals surface area contributed by atoms with Crippen LogP contribution in [0.2, 0.25) is 0 Å². The fourth-order valence-corrected chi connectivity index (χ4v) is 2.43. The molecular formula is C12H16O7S. The highest BCUT2D eigenvalue weighted by molar-refractivity contribution is 7.86. The molecule has 7 nitrogen and oxygen atoms in total. The average Bonchev–Trinajstić information content (AvgIpc) is 2.43. The second-order valence-corrected chi connectivity index (χ2v) is 5.78. The molecule has 0 aromatic heterocycles. The smallest absolute Gasteiger partial charge is 0.297 e. The van der Waals surface area contributed by atoms with Crippen molar-refractivity contribution in [1.29, 1.82) is 0 Å². The summed E-state index contributed by atoms with van der Waals surface area (Å²) in [5, 5.41) is 27.4. The van der Waals surface area contributed by atoms with Gasteiger partial charge in [0.1, 0.15) is 12.2 Å². The van der Waals surface area contributed by atoms with Crippen LogP contribution in [-0.4, -0.2) is 54.9 Å². The van der Waals surface area contributed by atoms with Crippen LogP contribution in [0.3, 0.4) is 0 Å². The molecule has 0 unspecified atom stereocenters. The summed E-state index contributed by atoms with van der Waals surface area (Å²) in [7, 11) is -4.26. The van der Waals surface area contributed by atoms with Crippen LogP contribution in [0.4, 0.5) is 0 Å². The number of aryl methyl sites for hydroxylation is 1. The monoisotopic (exact) mass is 304 g/mol. The van der Waals surface area contributed by atoms with E-state index in [0.29, 0.717) is 0 Å². The summed E-state index contributed by atoms with van der Waals surface area (Å²) in [4.78, 5) is 10.6. The van der Waals surface area contributed by atoms with Gasteiger partial charge in [-0.1, -0.05) is 17.7 Å². The van der Waals surface area contributed by atoms with Crippen molar-refractivity contribution in [3.63, 3.8) is 0 Å². The van der Waals surface area contributed by atoms with Crippen molar-refractivity contribution in [3.8, 4) is 0 Å². The normalized spacial score (nSPS) is 16.4. The van der Waals surface area contributed by atoms with Gasteiger partial charge in [-0.3, -0.25) is 4.18 Å². The van der Waals surface area contributed by atoms with Crippen LogP contribution in [0, 0.1) is 6.92 Å². The van der Waals surface area contributed by atoms with Crippen molar-refractivity contribution in [2.75, 3.05) is 6.61 Å². The van der Waals surface area contributed by atoms with E-state index in [2.05, 4.69) is 4.18 Å². The second-order valence-electron chi connectivity index (χ2n) is 4.20. The van der Waals surface area contributed by atoms with Crippen molar-refractivity contribution in [1.82, 2.24) is 0 Å². The first kappa shape index (κ1) is 16.7. The first-order valence-corrected chi connectivity index (χ1v) is 7.15. The van der Waals surface area contributed by atoms with E-state index in [1.807, 2.05) is 0 Å². The molecule has 0 aliphatic carbocycles. The number of hydrogen-bond donors (Lipinski definition) is 3. The quantitative estimate of drug-likeness (QED) is 0.435. The van der Waals surface area contributed by atoms with E-state index >= 15 is 0 Å². The summed E-state index contributed by atoms with van der Waals surface area (Å²) >= 11 is 0. The van der Waals surface area contributed by atoms with E-state index in [9.17, 15) is 23.4 Å². The molecule has 0 spiro atoms. The Morgan fingerprint density at radius 3 is 2.25 bits per heavy atom. The van der Waals surface area contributed by atoms with Gasteiger partial charge < -0.3 is 20.1 Å². The largest absolute Gasteiger partial charge is 0.394 e. The molecule has 0 aliphatic rings. The molecule has 0 radical (unpaired) electrons. The van der Waals surface area contributed by atoms with Gasteiger partial charge in [-0.25, -0.2) is 0 Å². The predicted octanol–water partition coefficient (Wildman–Crippen LogP) is -1.02. The Morgan fingerprint density at radius 1 is 1.25 bits per heavy atom. The summed E-state index contributed by atoms with van der Waals surface area (Å²) in [5.74, 6) is 0. The van der Waals surface area contributed by atoms with E-state index in [4.69, 9.17) is 5.11 Å². The van der Waals surface area contributed by atoms with Crippen LogP contribution in [-0.2, 0) is 19.1 Å². The minimum atomic E-state index is -4.26. The maximum absolute atomic E-state index is 11.9. The van der Waals surface area contributed by atoms with Gasteiger partial charge >= 0.3 is 0 Å². The number of benzene rings is 1. The minimum Gasteiger partial charge on any atom is -0.394 e. The van der Waals surface area contributed by atoms with Gasteiger partial charge in [0.05, 0.1) is 11.5 Å².